The monoisotopic (exact) mass is 445 g/mol. The van der Waals surface area contributed by atoms with Crippen molar-refractivity contribution in [3.8, 4) is 11.6 Å². The zero-order valence-electron chi connectivity index (χ0n) is 19.7. The second-order valence-corrected chi connectivity index (χ2v) is 8.90. The molecule has 0 saturated heterocycles. The van der Waals surface area contributed by atoms with Gasteiger partial charge in [-0.05, 0) is 54.6 Å². The van der Waals surface area contributed by atoms with Crippen LogP contribution in [0.25, 0.3) is 0 Å². The van der Waals surface area contributed by atoms with E-state index in [2.05, 4.69) is 66.2 Å². The van der Waals surface area contributed by atoms with Gasteiger partial charge in [-0.25, -0.2) is 4.98 Å². The number of nitrogens with zero attached hydrogens (tertiary/aromatic N) is 2. The molecule has 174 valence electrons. The Kier molecular flexibility index (Phi) is 9.45. The predicted molar refractivity (Wildman–Crippen MR) is 133 cm³/mol. The molecule has 0 spiro atoms. The molecule has 2 N–H and O–H groups in total. The molecule has 0 radical (unpaired) electrons. The van der Waals surface area contributed by atoms with E-state index < -0.39 is 5.91 Å². The summed E-state index contributed by atoms with van der Waals surface area (Å²) in [6.07, 6.45) is 6.22. The minimum Gasteiger partial charge on any atom is -0.439 e. The van der Waals surface area contributed by atoms with Crippen molar-refractivity contribution in [1.82, 2.24) is 9.88 Å². The number of rotatable bonds is 13. The molecular formula is C28H35N3O2. The lowest BCUT2D eigenvalue weighted by Gasteiger charge is -2.23. The Morgan fingerprint density at radius 3 is 2.33 bits per heavy atom. The van der Waals surface area contributed by atoms with Gasteiger partial charge in [-0.1, -0.05) is 69.2 Å². The number of unbranched alkanes of at least 4 members (excludes halogenated alkanes) is 1. The number of carbonyl (C=O) groups is 1. The molecule has 2 aromatic carbocycles. The third kappa shape index (κ3) is 8.70. The molecule has 3 aromatic rings. The number of pyridine rings is 1. The number of nitrogens with two attached hydrogens (primary N) is 1. The van der Waals surface area contributed by atoms with Gasteiger partial charge in [0.15, 0.2) is 0 Å². The maximum atomic E-state index is 11.2. The van der Waals surface area contributed by atoms with E-state index in [1.165, 1.54) is 36.6 Å². The number of amides is 1. The van der Waals surface area contributed by atoms with Gasteiger partial charge in [0.1, 0.15) is 5.75 Å². The average Bonchev–Trinajstić information content (AvgIpc) is 2.82. The Hall–Kier alpha value is -3.18. The Morgan fingerprint density at radius 2 is 1.70 bits per heavy atom. The first-order valence-electron chi connectivity index (χ1n) is 11.8. The molecule has 0 aliphatic carbocycles. The Balaban J connectivity index is 1.53. The maximum absolute atomic E-state index is 11.2. The fourth-order valence-corrected chi connectivity index (χ4v) is 3.72. The van der Waals surface area contributed by atoms with Crippen molar-refractivity contribution in [3.05, 3.63) is 89.6 Å². The van der Waals surface area contributed by atoms with E-state index in [0.29, 0.717) is 17.2 Å². The average molecular weight is 446 g/mol. The van der Waals surface area contributed by atoms with Crippen LogP contribution in [0.3, 0.4) is 0 Å². The zero-order valence-corrected chi connectivity index (χ0v) is 19.7. The predicted octanol–water partition coefficient (Wildman–Crippen LogP) is 5.84. The highest BCUT2D eigenvalue weighted by Crippen LogP contribution is 2.20. The quantitative estimate of drug-likeness (QED) is 0.335. The molecule has 1 heterocycles. The first-order valence-corrected chi connectivity index (χ1v) is 11.8. The second-order valence-electron chi connectivity index (χ2n) is 8.90. The molecule has 33 heavy (non-hydrogen) atoms. The van der Waals surface area contributed by atoms with Crippen LogP contribution in [-0.2, 0) is 13.0 Å². The second kappa shape index (κ2) is 12.8. The molecule has 1 aromatic heterocycles. The van der Waals surface area contributed by atoms with Crippen molar-refractivity contribution in [1.29, 1.82) is 0 Å². The SMILES string of the molecule is CC(C)CCCCN(CCc1ccc(Oc2ccc(C(N)=O)cn2)cc1)Cc1ccccc1. The van der Waals surface area contributed by atoms with Gasteiger partial charge in [-0.3, -0.25) is 9.69 Å². The van der Waals surface area contributed by atoms with E-state index in [1.807, 2.05) is 12.1 Å². The summed E-state index contributed by atoms with van der Waals surface area (Å²) < 4.78 is 5.78. The van der Waals surface area contributed by atoms with Crippen LogP contribution in [0.4, 0.5) is 0 Å². The van der Waals surface area contributed by atoms with Crippen LogP contribution in [0, 0.1) is 5.92 Å². The highest BCUT2D eigenvalue weighted by molar-refractivity contribution is 5.92. The molecule has 5 nitrogen and oxygen atoms in total. The summed E-state index contributed by atoms with van der Waals surface area (Å²) in [5.74, 6) is 1.42. The summed E-state index contributed by atoms with van der Waals surface area (Å²) in [6, 6.07) is 22.1. The topological polar surface area (TPSA) is 68.5 Å². The smallest absolute Gasteiger partial charge is 0.250 e. The van der Waals surface area contributed by atoms with Crippen LogP contribution in [-0.4, -0.2) is 28.9 Å². The normalized spacial score (nSPS) is 11.2. The standard InChI is InChI=1S/C28H35N3O2/c1-22(2)8-6-7-18-31(21-24-9-4-3-5-10-24)19-17-23-11-14-26(15-12-23)33-27-16-13-25(20-30-27)28(29)32/h3-5,9-16,20,22H,6-8,17-19,21H2,1-2H3,(H2,29,32). The first kappa shape index (κ1) is 24.5. The van der Waals surface area contributed by atoms with Crippen molar-refractivity contribution in [2.75, 3.05) is 13.1 Å². The van der Waals surface area contributed by atoms with Crippen molar-refractivity contribution in [2.24, 2.45) is 11.7 Å². The van der Waals surface area contributed by atoms with Crippen LogP contribution in [0.2, 0.25) is 0 Å². The number of benzene rings is 2. The molecular weight excluding hydrogens is 410 g/mol. The largest absolute Gasteiger partial charge is 0.439 e. The van der Waals surface area contributed by atoms with E-state index in [1.54, 1.807) is 12.1 Å². The molecule has 0 atom stereocenters. The summed E-state index contributed by atoms with van der Waals surface area (Å²) in [4.78, 5) is 17.9. The Labute approximate surface area is 197 Å². The Morgan fingerprint density at radius 1 is 0.939 bits per heavy atom. The summed E-state index contributed by atoms with van der Waals surface area (Å²) in [5.41, 5.74) is 8.25. The fraction of sp³-hybridized carbons (Fsp3) is 0.357. The van der Waals surface area contributed by atoms with Crippen LogP contribution in [0.15, 0.2) is 72.9 Å². The van der Waals surface area contributed by atoms with E-state index in [0.717, 1.165) is 32.0 Å². The van der Waals surface area contributed by atoms with Gasteiger partial charge in [0.05, 0.1) is 5.56 Å². The molecule has 0 aliphatic rings. The third-order valence-corrected chi connectivity index (χ3v) is 5.64. The highest BCUT2D eigenvalue weighted by Gasteiger charge is 2.08. The summed E-state index contributed by atoms with van der Waals surface area (Å²) in [7, 11) is 0. The summed E-state index contributed by atoms with van der Waals surface area (Å²) in [5, 5.41) is 0. The number of hydrogen-bond acceptors (Lipinski definition) is 4. The number of aromatic nitrogens is 1. The van der Waals surface area contributed by atoms with Crippen molar-refractivity contribution in [3.63, 3.8) is 0 Å². The minimum absolute atomic E-state index is 0.363. The van der Waals surface area contributed by atoms with Gasteiger partial charge in [0.25, 0.3) is 0 Å². The van der Waals surface area contributed by atoms with Crippen LogP contribution in [0.1, 0.15) is 54.6 Å². The molecule has 1 amide bonds. The lowest BCUT2D eigenvalue weighted by atomic mass is 10.1. The van der Waals surface area contributed by atoms with Gasteiger partial charge in [-0.15, -0.1) is 0 Å². The zero-order chi connectivity index (χ0) is 23.5. The number of primary amides is 1. The molecule has 5 heteroatoms. The molecule has 0 saturated carbocycles. The fourth-order valence-electron chi connectivity index (χ4n) is 3.72. The lowest BCUT2D eigenvalue weighted by molar-refractivity contribution is 0.1000. The lowest BCUT2D eigenvalue weighted by Crippen LogP contribution is -2.27. The van der Waals surface area contributed by atoms with Gasteiger partial charge in [0, 0.05) is 25.4 Å². The van der Waals surface area contributed by atoms with Crippen LogP contribution in [0.5, 0.6) is 11.6 Å². The van der Waals surface area contributed by atoms with Crippen molar-refractivity contribution in [2.45, 2.75) is 46.1 Å². The van der Waals surface area contributed by atoms with E-state index in [4.69, 9.17) is 10.5 Å². The van der Waals surface area contributed by atoms with Crippen LogP contribution >= 0.6 is 0 Å². The number of ether oxygens (including phenoxy) is 1. The molecule has 0 unspecified atom stereocenters. The van der Waals surface area contributed by atoms with E-state index in [-0.39, 0.29) is 0 Å². The Bertz CT molecular complexity index is 970. The first-order chi connectivity index (χ1) is 16.0. The van der Waals surface area contributed by atoms with E-state index in [9.17, 15) is 4.79 Å². The van der Waals surface area contributed by atoms with Crippen molar-refractivity contribution >= 4 is 5.91 Å². The summed E-state index contributed by atoms with van der Waals surface area (Å²) >= 11 is 0. The number of carbonyl (C=O) groups excluding carboxylic acids is 1. The summed E-state index contributed by atoms with van der Waals surface area (Å²) in [6.45, 7) is 7.71. The third-order valence-electron chi connectivity index (χ3n) is 5.64. The van der Waals surface area contributed by atoms with Gasteiger partial charge < -0.3 is 10.5 Å². The number of hydrogen-bond donors (Lipinski definition) is 1. The van der Waals surface area contributed by atoms with Gasteiger partial charge >= 0.3 is 0 Å². The molecule has 0 aliphatic heterocycles. The highest BCUT2D eigenvalue weighted by atomic mass is 16.5. The molecule has 0 bridgehead atoms. The van der Waals surface area contributed by atoms with Crippen LogP contribution < -0.4 is 10.5 Å². The van der Waals surface area contributed by atoms with E-state index >= 15 is 0 Å². The molecule has 0 fully saturated rings. The van der Waals surface area contributed by atoms with Crippen molar-refractivity contribution < 1.29 is 9.53 Å². The molecule has 3 rings (SSSR count). The maximum Gasteiger partial charge on any atom is 0.250 e. The minimum atomic E-state index is -0.500. The van der Waals surface area contributed by atoms with Gasteiger partial charge in [0.2, 0.25) is 11.8 Å². The van der Waals surface area contributed by atoms with Gasteiger partial charge in [-0.2, -0.15) is 0 Å².